The third-order valence-corrected chi connectivity index (χ3v) is 5.04. The highest BCUT2D eigenvalue weighted by atomic mass is 16.2. The molecule has 1 saturated heterocycles. The van der Waals surface area contributed by atoms with Crippen LogP contribution in [-0.4, -0.2) is 60.0 Å². The summed E-state index contributed by atoms with van der Waals surface area (Å²) in [5, 5.41) is 0. The molecule has 1 aromatic heterocycles. The molecule has 1 aromatic carbocycles. The first-order valence-corrected chi connectivity index (χ1v) is 9.47. The predicted octanol–water partition coefficient (Wildman–Crippen LogP) is 2.89. The van der Waals surface area contributed by atoms with Gasteiger partial charge >= 0.3 is 0 Å². The zero-order chi connectivity index (χ0) is 18.4. The number of rotatable bonds is 6. The van der Waals surface area contributed by atoms with Gasteiger partial charge in [0.05, 0.1) is 11.9 Å². The van der Waals surface area contributed by atoms with Crippen molar-refractivity contribution in [1.82, 2.24) is 14.8 Å². The summed E-state index contributed by atoms with van der Waals surface area (Å²) in [6, 6.07) is 14.0. The van der Waals surface area contributed by atoms with Crippen LogP contribution in [0.2, 0.25) is 0 Å². The summed E-state index contributed by atoms with van der Waals surface area (Å²) in [5.41, 5.74) is 2.75. The van der Waals surface area contributed by atoms with E-state index >= 15 is 0 Å². The number of carbonyl (C=O) groups excluding carboxylic acids is 1. The minimum absolute atomic E-state index is 0.0151. The molecule has 5 nitrogen and oxygen atoms in total. The molecular formula is C21H28N4O. The highest BCUT2D eigenvalue weighted by molar-refractivity contribution is 5.92. The molecule has 1 aliphatic heterocycles. The fourth-order valence-electron chi connectivity index (χ4n) is 3.31. The summed E-state index contributed by atoms with van der Waals surface area (Å²) in [7, 11) is 0. The number of aromatic nitrogens is 1. The van der Waals surface area contributed by atoms with E-state index in [1.807, 2.05) is 60.5 Å². The van der Waals surface area contributed by atoms with E-state index in [-0.39, 0.29) is 5.91 Å². The van der Waals surface area contributed by atoms with Crippen LogP contribution in [0.25, 0.3) is 0 Å². The van der Waals surface area contributed by atoms with Crippen LogP contribution in [-0.2, 0) is 6.54 Å². The summed E-state index contributed by atoms with van der Waals surface area (Å²) in [4.78, 5) is 23.9. The molecule has 0 unspecified atom stereocenters. The van der Waals surface area contributed by atoms with Crippen LogP contribution in [0.5, 0.6) is 0 Å². The number of piperazine rings is 1. The average Bonchev–Trinajstić information content (AvgIpc) is 2.72. The standard InChI is InChI=1S/C21H28N4O/c1-3-23-12-14-25(15-13-23)19-10-11-20(22-16-19)21(26)24(4-2)17-18-8-6-5-7-9-18/h5-11,16H,3-4,12-15,17H2,1-2H3. The van der Waals surface area contributed by atoms with E-state index < -0.39 is 0 Å². The first-order chi connectivity index (χ1) is 12.7. The van der Waals surface area contributed by atoms with Crippen LogP contribution in [0.3, 0.4) is 0 Å². The Morgan fingerprint density at radius 2 is 1.77 bits per heavy atom. The molecule has 1 aliphatic rings. The number of likely N-dealkylation sites (N-methyl/N-ethyl adjacent to an activating group) is 1. The van der Waals surface area contributed by atoms with Gasteiger partial charge in [0.2, 0.25) is 0 Å². The summed E-state index contributed by atoms with van der Waals surface area (Å²) in [6.45, 7) is 10.8. The second-order valence-electron chi connectivity index (χ2n) is 6.63. The average molecular weight is 352 g/mol. The molecule has 2 heterocycles. The van der Waals surface area contributed by atoms with Gasteiger partial charge in [0.15, 0.2) is 0 Å². The maximum atomic E-state index is 12.8. The van der Waals surface area contributed by atoms with Gasteiger partial charge in [0.25, 0.3) is 5.91 Å². The van der Waals surface area contributed by atoms with Gasteiger partial charge in [-0.15, -0.1) is 0 Å². The van der Waals surface area contributed by atoms with Gasteiger partial charge < -0.3 is 14.7 Å². The number of carbonyl (C=O) groups is 1. The van der Waals surface area contributed by atoms with E-state index in [0.717, 1.165) is 44.0 Å². The molecule has 3 rings (SSSR count). The van der Waals surface area contributed by atoms with E-state index in [0.29, 0.717) is 18.8 Å². The number of anilines is 1. The van der Waals surface area contributed by atoms with E-state index in [2.05, 4.69) is 21.7 Å². The normalized spacial score (nSPS) is 15.1. The third-order valence-electron chi connectivity index (χ3n) is 5.04. The molecule has 1 fully saturated rings. The number of benzene rings is 1. The summed E-state index contributed by atoms with van der Waals surface area (Å²) in [6.07, 6.45) is 1.84. The molecular weight excluding hydrogens is 324 g/mol. The highest BCUT2D eigenvalue weighted by Gasteiger charge is 2.19. The number of amides is 1. The largest absolute Gasteiger partial charge is 0.368 e. The quantitative estimate of drug-likeness (QED) is 0.801. The van der Waals surface area contributed by atoms with Gasteiger partial charge in [-0.2, -0.15) is 0 Å². The molecule has 0 radical (unpaired) electrons. The van der Waals surface area contributed by atoms with Crippen molar-refractivity contribution in [2.24, 2.45) is 0 Å². The maximum Gasteiger partial charge on any atom is 0.272 e. The van der Waals surface area contributed by atoms with Gasteiger partial charge in [-0.05, 0) is 31.2 Å². The molecule has 0 spiro atoms. The zero-order valence-corrected chi connectivity index (χ0v) is 15.8. The van der Waals surface area contributed by atoms with E-state index in [1.54, 1.807) is 0 Å². The molecule has 0 saturated carbocycles. The Morgan fingerprint density at radius 1 is 1.04 bits per heavy atom. The number of nitrogens with zero attached hydrogens (tertiary/aromatic N) is 4. The molecule has 2 aromatic rings. The lowest BCUT2D eigenvalue weighted by atomic mass is 10.2. The van der Waals surface area contributed by atoms with Crippen molar-refractivity contribution in [2.45, 2.75) is 20.4 Å². The zero-order valence-electron chi connectivity index (χ0n) is 15.8. The van der Waals surface area contributed by atoms with Gasteiger partial charge in [-0.1, -0.05) is 37.3 Å². The first kappa shape index (κ1) is 18.4. The molecule has 0 N–H and O–H groups in total. The lowest BCUT2D eigenvalue weighted by molar-refractivity contribution is 0.0746. The third kappa shape index (κ3) is 4.41. The Bertz CT molecular complexity index is 694. The van der Waals surface area contributed by atoms with Gasteiger partial charge in [-0.3, -0.25) is 4.79 Å². The fraction of sp³-hybridized carbons (Fsp3) is 0.429. The Hall–Kier alpha value is -2.40. The van der Waals surface area contributed by atoms with E-state index in [4.69, 9.17) is 0 Å². The van der Waals surface area contributed by atoms with Crippen LogP contribution in [0.15, 0.2) is 48.7 Å². The Morgan fingerprint density at radius 3 is 2.35 bits per heavy atom. The van der Waals surface area contributed by atoms with Crippen molar-refractivity contribution >= 4 is 11.6 Å². The molecule has 0 bridgehead atoms. The monoisotopic (exact) mass is 352 g/mol. The second-order valence-corrected chi connectivity index (χ2v) is 6.63. The predicted molar refractivity (Wildman–Crippen MR) is 105 cm³/mol. The van der Waals surface area contributed by atoms with Gasteiger partial charge in [-0.25, -0.2) is 4.98 Å². The second kappa shape index (κ2) is 8.81. The van der Waals surface area contributed by atoms with Crippen LogP contribution < -0.4 is 4.90 Å². The van der Waals surface area contributed by atoms with Crippen LogP contribution >= 0.6 is 0 Å². The van der Waals surface area contributed by atoms with Crippen molar-refractivity contribution < 1.29 is 4.79 Å². The van der Waals surface area contributed by atoms with Crippen molar-refractivity contribution in [1.29, 1.82) is 0 Å². The van der Waals surface area contributed by atoms with Crippen LogP contribution in [0.4, 0.5) is 5.69 Å². The topological polar surface area (TPSA) is 39.7 Å². The van der Waals surface area contributed by atoms with Crippen molar-refractivity contribution in [3.63, 3.8) is 0 Å². The highest BCUT2D eigenvalue weighted by Crippen LogP contribution is 2.17. The Balaban J connectivity index is 1.64. The van der Waals surface area contributed by atoms with Crippen molar-refractivity contribution in [2.75, 3.05) is 44.2 Å². The minimum atomic E-state index is -0.0151. The van der Waals surface area contributed by atoms with Crippen molar-refractivity contribution in [3.05, 3.63) is 59.9 Å². The number of pyridine rings is 1. The Labute approximate surface area is 156 Å². The molecule has 26 heavy (non-hydrogen) atoms. The van der Waals surface area contributed by atoms with Crippen LogP contribution in [0, 0.1) is 0 Å². The summed E-state index contributed by atoms with van der Waals surface area (Å²) in [5.74, 6) is -0.0151. The maximum absolute atomic E-state index is 12.8. The molecule has 5 heteroatoms. The smallest absolute Gasteiger partial charge is 0.272 e. The lowest BCUT2D eigenvalue weighted by Crippen LogP contribution is -2.46. The fourth-order valence-corrected chi connectivity index (χ4v) is 3.31. The summed E-state index contributed by atoms with van der Waals surface area (Å²) >= 11 is 0. The van der Waals surface area contributed by atoms with Crippen molar-refractivity contribution in [3.8, 4) is 0 Å². The first-order valence-electron chi connectivity index (χ1n) is 9.47. The van der Waals surface area contributed by atoms with E-state index in [1.165, 1.54) is 0 Å². The minimum Gasteiger partial charge on any atom is -0.368 e. The SMILES string of the molecule is CCN1CCN(c2ccc(C(=O)N(CC)Cc3ccccc3)nc2)CC1. The van der Waals surface area contributed by atoms with Crippen LogP contribution in [0.1, 0.15) is 29.9 Å². The number of hydrogen-bond donors (Lipinski definition) is 0. The molecule has 0 aliphatic carbocycles. The molecule has 1 amide bonds. The molecule has 0 atom stereocenters. The lowest BCUT2D eigenvalue weighted by Gasteiger charge is -2.35. The van der Waals surface area contributed by atoms with Gasteiger partial charge in [0.1, 0.15) is 5.69 Å². The van der Waals surface area contributed by atoms with Gasteiger partial charge in [0, 0.05) is 39.3 Å². The Kier molecular flexibility index (Phi) is 6.23. The van der Waals surface area contributed by atoms with E-state index in [9.17, 15) is 4.79 Å². The summed E-state index contributed by atoms with van der Waals surface area (Å²) < 4.78 is 0. The molecule has 138 valence electrons. The number of hydrogen-bond acceptors (Lipinski definition) is 4.